The number of esters is 1. The van der Waals surface area contributed by atoms with E-state index in [4.69, 9.17) is 4.55 Å². The Kier molecular flexibility index (Phi) is 3.48. The van der Waals surface area contributed by atoms with E-state index in [1.54, 1.807) is 0 Å². The number of alkyl halides is 3. The average molecular weight is 262 g/mol. The summed E-state index contributed by atoms with van der Waals surface area (Å²) in [6.07, 6.45) is -6.94. The average Bonchev–Trinajstić information content (AvgIpc) is 2.79. The third-order valence-corrected chi connectivity index (χ3v) is 2.62. The molecular formula is C7H9F3O5S. The maximum Gasteiger partial charge on any atom is 0.426 e. The molecule has 0 radical (unpaired) electrons. The Bertz CT molecular complexity index is 370. The summed E-state index contributed by atoms with van der Waals surface area (Å²) in [6.45, 7) is 0. The van der Waals surface area contributed by atoms with E-state index in [9.17, 15) is 26.4 Å². The first-order chi connectivity index (χ1) is 7.09. The van der Waals surface area contributed by atoms with Crippen LogP contribution < -0.4 is 0 Å². The van der Waals surface area contributed by atoms with Crippen LogP contribution in [0, 0.1) is 5.92 Å². The molecule has 1 atom stereocenters. The Morgan fingerprint density at radius 3 is 2.25 bits per heavy atom. The molecule has 0 aromatic heterocycles. The van der Waals surface area contributed by atoms with E-state index in [0.717, 1.165) is 0 Å². The van der Waals surface area contributed by atoms with Crippen molar-refractivity contribution in [2.24, 2.45) is 5.92 Å². The summed E-state index contributed by atoms with van der Waals surface area (Å²) in [5.41, 5.74) is 0. The van der Waals surface area contributed by atoms with Crippen LogP contribution in [0.25, 0.3) is 0 Å². The fourth-order valence-corrected chi connectivity index (χ4v) is 1.58. The van der Waals surface area contributed by atoms with Crippen molar-refractivity contribution in [1.82, 2.24) is 0 Å². The van der Waals surface area contributed by atoms with E-state index >= 15 is 0 Å². The van der Waals surface area contributed by atoms with E-state index in [0.29, 0.717) is 12.8 Å². The van der Waals surface area contributed by atoms with Crippen molar-refractivity contribution in [3.05, 3.63) is 0 Å². The zero-order valence-electron chi connectivity index (χ0n) is 7.90. The molecule has 1 rings (SSSR count). The molecule has 0 aromatic carbocycles. The van der Waals surface area contributed by atoms with Gasteiger partial charge >= 0.3 is 12.1 Å². The number of carbonyl (C=O) groups excluding carboxylic acids is 1. The molecule has 0 amide bonds. The van der Waals surface area contributed by atoms with Crippen LogP contribution in [0.4, 0.5) is 13.2 Å². The fraction of sp³-hybridized carbons (Fsp3) is 0.857. The molecule has 1 fully saturated rings. The summed E-state index contributed by atoms with van der Waals surface area (Å²) >= 11 is 0. The maximum atomic E-state index is 12.2. The molecule has 94 valence electrons. The highest BCUT2D eigenvalue weighted by Crippen LogP contribution is 2.33. The summed E-state index contributed by atoms with van der Waals surface area (Å²) in [4.78, 5) is 10.9. The molecule has 1 N–H and O–H groups in total. The Hall–Kier alpha value is -0.830. The van der Waals surface area contributed by atoms with E-state index in [2.05, 4.69) is 4.74 Å². The van der Waals surface area contributed by atoms with Crippen LogP contribution in [0.1, 0.15) is 12.8 Å². The number of hydrogen-bond donors (Lipinski definition) is 1. The van der Waals surface area contributed by atoms with Gasteiger partial charge in [-0.2, -0.15) is 21.6 Å². The van der Waals surface area contributed by atoms with Crippen LogP contribution in [0.3, 0.4) is 0 Å². The quantitative estimate of drug-likeness (QED) is 0.597. The summed E-state index contributed by atoms with van der Waals surface area (Å²) in [6, 6.07) is 0. The third-order valence-electron chi connectivity index (χ3n) is 1.90. The molecule has 1 aliphatic rings. The van der Waals surface area contributed by atoms with E-state index in [1.165, 1.54) is 0 Å². The lowest BCUT2D eigenvalue weighted by molar-refractivity contribution is -0.216. The minimum absolute atomic E-state index is 0.440. The number of halogens is 3. The molecule has 0 aliphatic heterocycles. The summed E-state index contributed by atoms with van der Waals surface area (Å²) < 4.78 is 69.7. The van der Waals surface area contributed by atoms with Crippen LogP contribution in [0.5, 0.6) is 0 Å². The SMILES string of the molecule is O=C(OC(CS(=O)(=O)O)C(F)(F)F)C1CC1. The van der Waals surface area contributed by atoms with E-state index < -0.39 is 40.0 Å². The van der Waals surface area contributed by atoms with Gasteiger partial charge in [0.25, 0.3) is 10.1 Å². The smallest absolute Gasteiger partial charge is 0.426 e. The molecule has 1 unspecified atom stereocenters. The van der Waals surface area contributed by atoms with Crippen molar-refractivity contribution in [3.8, 4) is 0 Å². The predicted octanol–water partition coefficient (Wildman–Crippen LogP) is 0.758. The Labute approximate surface area is 89.3 Å². The minimum atomic E-state index is -5.01. The number of carbonyl (C=O) groups is 1. The molecular weight excluding hydrogens is 253 g/mol. The van der Waals surface area contributed by atoms with Crippen molar-refractivity contribution in [3.63, 3.8) is 0 Å². The standard InChI is InChI=1S/C7H9F3O5S/c8-7(9,10)5(3-16(12,13)14)15-6(11)4-1-2-4/h4-5H,1-3H2,(H,12,13,14). The molecule has 1 saturated carbocycles. The van der Waals surface area contributed by atoms with E-state index in [1.807, 2.05) is 0 Å². The maximum absolute atomic E-state index is 12.2. The summed E-state index contributed by atoms with van der Waals surface area (Å²) in [5.74, 6) is -3.33. The topological polar surface area (TPSA) is 80.7 Å². The zero-order valence-corrected chi connectivity index (χ0v) is 8.71. The first-order valence-electron chi connectivity index (χ1n) is 4.32. The molecule has 0 bridgehead atoms. The largest absolute Gasteiger partial charge is 0.451 e. The lowest BCUT2D eigenvalue weighted by Crippen LogP contribution is -2.39. The predicted molar refractivity (Wildman–Crippen MR) is 45.1 cm³/mol. The van der Waals surface area contributed by atoms with Gasteiger partial charge in [-0.15, -0.1) is 0 Å². The van der Waals surface area contributed by atoms with E-state index in [-0.39, 0.29) is 0 Å². The van der Waals surface area contributed by atoms with Gasteiger partial charge in [-0.25, -0.2) is 0 Å². The molecule has 0 heterocycles. The van der Waals surface area contributed by atoms with Crippen LogP contribution >= 0.6 is 0 Å². The van der Waals surface area contributed by atoms with Gasteiger partial charge in [-0.3, -0.25) is 9.35 Å². The highest BCUT2D eigenvalue weighted by Gasteiger charge is 2.47. The van der Waals surface area contributed by atoms with Crippen LogP contribution in [0.15, 0.2) is 0 Å². The Morgan fingerprint density at radius 1 is 1.44 bits per heavy atom. The second kappa shape index (κ2) is 4.21. The van der Waals surface area contributed by atoms with Crippen LogP contribution in [-0.2, 0) is 19.6 Å². The van der Waals surface area contributed by atoms with Gasteiger partial charge in [0.1, 0.15) is 5.75 Å². The Balaban J connectivity index is 2.67. The van der Waals surface area contributed by atoms with Gasteiger partial charge in [0.05, 0.1) is 5.92 Å². The second-order valence-corrected chi connectivity index (χ2v) is 4.99. The lowest BCUT2D eigenvalue weighted by Gasteiger charge is -2.19. The molecule has 0 spiro atoms. The van der Waals surface area contributed by atoms with Crippen LogP contribution in [0.2, 0.25) is 0 Å². The van der Waals surface area contributed by atoms with Gasteiger partial charge in [0.2, 0.25) is 6.10 Å². The highest BCUT2D eigenvalue weighted by atomic mass is 32.2. The molecule has 0 aromatic rings. The molecule has 9 heteroatoms. The molecule has 1 aliphatic carbocycles. The van der Waals surface area contributed by atoms with Crippen molar-refractivity contribution in [2.45, 2.75) is 25.1 Å². The second-order valence-electron chi connectivity index (χ2n) is 3.49. The van der Waals surface area contributed by atoms with Gasteiger partial charge in [-0.05, 0) is 12.8 Å². The lowest BCUT2D eigenvalue weighted by atomic mass is 10.4. The summed E-state index contributed by atoms with van der Waals surface area (Å²) in [7, 11) is -4.85. The minimum Gasteiger partial charge on any atom is -0.451 e. The van der Waals surface area contributed by atoms with Crippen molar-refractivity contribution in [1.29, 1.82) is 0 Å². The number of ether oxygens (including phenoxy) is 1. The molecule has 16 heavy (non-hydrogen) atoms. The summed E-state index contributed by atoms with van der Waals surface area (Å²) in [5, 5.41) is 0. The van der Waals surface area contributed by atoms with Crippen LogP contribution in [-0.4, -0.2) is 37.0 Å². The number of rotatable bonds is 4. The van der Waals surface area contributed by atoms with Crippen molar-refractivity contribution >= 4 is 16.1 Å². The van der Waals surface area contributed by atoms with Crippen molar-refractivity contribution in [2.75, 3.05) is 5.75 Å². The highest BCUT2D eigenvalue weighted by molar-refractivity contribution is 7.85. The van der Waals surface area contributed by atoms with Crippen molar-refractivity contribution < 1.29 is 35.7 Å². The van der Waals surface area contributed by atoms with Gasteiger partial charge in [0.15, 0.2) is 0 Å². The molecule has 0 saturated heterocycles. The normalized spacial score (nSPS) is 19.2. The van der Waals surface area contributed by atoms with Gasteiger partial charge in [-0.1, -0.05) is 0 Å². The number of hydrogen-bond acceptors (Lipinski definition) is 4. The fourth-order valence-electron chi connectivity index (χ4n) is 0.942. The van der Waals surface area contributed by atoms with Gasteiger partial charge in [0, 0.05) is 0 Å². The first-order valence-corrected chi connectivity index (χ1v) is 5.93. The van der Waals surface area contributed by atoms with Gasteiger partial charge < -0.3 is 4.74 Å². The molecule has 5 nitrogen and oxygen atoms in total. The monoisotopic (exact) mass is 262 g/mol. The Morgan fingerprint density at radius 2 is 1.94 bits per heavy atom. The first kappa shape index (κ1) is 13.2. The zero-order chi connectivity index (χ0) is 12.6. The third kappa shape index (κ3) is 4.35.